The SMILES string of the molecule is CCN1CCc2c(sc(Br)c2CNC(=O)Nc2sc3c(c2C(=O)OC(C)(C)C)CCCCC3)C1. The maximum atomic E-state index is 13.1. The summed E-state index contributed by atoms with van der Waals surface area (Å²) in [7, 11) is 0. The lowest BCUT2D eigenvalue weighted by Crippen LogP contribution is -2.31. The molecule has 0 fully saturated rings. The van der Waals surface area contributed by atoms with Gasteiger partial charge in [0.15, 0.2) is 0 Å². The number of hydrogen-bond acceptors (Lipinski definition) is 6. The van der Waals surface area contributed by atoms with Crippen LogP contribution in [0.1, 0.15) is 83.8 Å². The topological polar surface area (TPSA) is 70.7 Å². The first-order valence-electron chi connectivity index (χ1n) is 12.1. The second kappa shape index (κ2) is 10.7. The third-order valence-electron chi connectivity index (χ3n) is 6.32. The molecule has 2 aromatic rings. The smallest absolute Gasteiger partial charge is 0.341 e. The number of halogens is 1. The number of fused-ring (bicyclic) bond motifs is 2. The lowest BCUT2D eigenvalue weighted by Gasteiger charge is -2.25. The molecule has 2 aromatic heterocycles. The van der Waals surface area contributed by atoms with Crippen LogP contribution in [0.5, 0.6) is 0 Å². The average molecular weight is 569 g/mol. The fraction of sp³-hybridized carbons (Fsp3) is 0.600. The van der Waals surface area contributed by atoms with Crippen molar-refractivity contribution < 1.29 is 14.3 Å². The van der Waals surface area contributed by atoms with E-state index in [-0.39, 0.29) is 12.0 Å². The minimum Gasteiger partial charge on any atom is -0.456 e. The molecule has 6 nitrogen and oxygen atoms in total. The first kappa shape index (κ1) is 25.7. The number of esters is 1. The van der Waals surface area contributed by atoms with Gasteiger partial charge in [0.1, 0.15) is 10.6 Å². The lowest BCUT2D eigenvalue weighted by molar-refractivity contribution is 0.00700. The van der Waals surface area contributed by atoms with Crippen molar-refractivity contribution in [3.63, 3.8) is 0 Å². The summed E-state index contributed by atoms with van der Waals surface area (Å²) in [6.07, 6.45) is 6.13. The molecule has 34 heavy (non-hydrogen) atoms. The van der Waals surface area contributed by atoms with Crippen molar-refractivity contribution in [2.24, 2.45) is 0 Å². The van der Waals surface area contributed by atoms with E-state index in [2.05, 4.69) is 38.4 Å². The Kier molecular flexibility index (Phi) is 8.06. The van der Waals surface area contributed by atoms with E-state index in [0.29, 0.717) is 17.1 Å². The molecule has 0 aromatic carbocycles. The molecule has 0 saturated heterocycles. The third-order valence-corrected chi connectivity index (χ3v) is 9.54. The monoisotopic (exact) mass is 567 g/mol. The van der Waals surface area contributed by atoms with Gasteiger partial charge in [-0.25, -0.2) is 9.59 Å². The molecule has 0 atom stereocenters. The predicted octanol–water partition coefficient (Wildman–Crippen LogP) is 6.50. The molecule has 2 aliphatic rings. The standard InChI is InChI=1S/C25H34BrN3O3S2/c1-5-29-12-11-15-17(21(26)33-19(15)14-29)13-27-24(31)28-22-20(23(30)32-25(2,3)4)16-9-7-6-8-10-18(16)34-22/h5-14H2,1-4H3,(H2,27,28,31). The van der Waals surface area contributed by atoms with Crippen LogP contribution in [0.15, 0.2) is 3.79 Å². The Labute approximate surface area is 218 Å². The zero-order valence-electron chi connectivity index (χ0n) is 20.4. The van der Waals surface area contributed by atoms with Gasteiger partial charge in [0, 0.05) is 29.4 Å². The van der Waals surface area contributed by atoms with Gasteiger partial charge in [-0.15, -0.1) is 22.7 Å². The number of rotatable bonds is 5. The molecular weight excluding hydrogens is 534 g/mol. The highest BCUT2D eigenvalue weighted by atomic mass is 79.9. The molecule has 186 valence electrons. The molecule has 1 aliphatic carbocycles. The summed E-state index contributed by atoms with van der Waals surface area (Å²) in [5.41, 5.74) is 3.54. The summed E-state index contributed by atoms with van der Waals surface area (Å²) < 4.78 is 6.80. The van der Waals surface area contributed by atoms with E-state index in [9.17, 15) is 9.59 Å². The Balaban J connectivity index is 1.49. The van der Waals surface area contributed by atoms with Crippen LogP contribution in [-0.4, -0.2) is 35.6 Å². The highest BCUT2D eigenvalue weighted by Gasteiger charge is 2.29. The van der Waals surface area contributed by atoms with Crippen LogP contribution in [0, 0.1) is 0 Å². The quantitative estimate of drug-likeness (QED) is 0.319. The van der Waals surface area contributed by atoms with Crippen molar-refractivity contribution >= 4 is 55.6 Å². The molecule has 9 heteroatoms. The molecule has 3 heterocycles. The Morgan fingerprint density at radius 2 is 1.82 bits per heavy atom. The van der Waals surface area contributed by atoms with Crippen LogP contribution in [0.25, 0.3) is 0 Å². The first-order chi connectivity index (χ1) is 16.2. The zero-order chi connectivity index (χ0) is 24.5. The van der Waals surface area contributed by atoms with Gasteiger partial charge in [-0.1, -0.05) is 13.3 Å². The van der Waals surface area contributed by atoms with E-state index in [4.69, 9.17) is 4.74 Å². The Morgan fingerprint density at radius 1 is 1.06 bits per heavy atom. The summed E-state index contributed by atoms with van der Waals surface area (Å²) in [5.74, 6) is -0.350. The number of carbonyl (C=O) groups is 2. The number of aryl methyl sites for hydroxylation is 1. The summed E-state index contributed by atoms with van der Waals surface area (Å²) >= 11 is 7.00. The van der Waals surface area contributed by atoms with Gasteiger partial charge in [-0.3, -0.25) is 10.2 Å². The number of thiophene rings is 2. The van der Waals surface area contributed by atoms with Crippen molar-refractivity contribution in [3.05, 3.63) is 35.8 Å². The number of urea groups is 1. The number of anilines is 1. The van der Waals surface area contributed by atoms with E-state index < -0.39 is 5.60 Å². The highest BCUT2D eigenvalue weighted by molar-refractivity contribution is 9.11. The maximum Gasteiger partial charge on any atom is 0.341 e. The number of nitrogens with zero attached hydrogens (tertiary/aromatic N) is 1. The van der Waals surface area contributed by atoms with Gasteiger partial charge in [0.2, 0.25) is 0 Å². The summed E-state index contributed by atoms with van der Waals surface area (Å²) in [4.78, 5) is 31.1. The molecule has 1 aliphatic heterocycles. The van der Waals surface area contributed by atoms with Crippen molar-refractivity contribution in [1.29, 1.82) is 0 Å². The van der Waals surface area contributed by atoms with Crippen molar-refractivity contribution in [2.45, 2.75) is 84.9 Å². The van der Waals surface area contributed by atoms with Crippen LogP contribution < -0.4 is 10.6 Å². The van der Waals surface area contributed by atoms with Crippen molar-refractivity contribution in [2.75, 3.05) is 18.4 Å². The normalized spacial score (nSPS) is 16.4. The number of ether oxygens (including phenoxy) is 1. The number of amides is 2. The summed E-state index contributed by atoms with van der Waals surface area (Å²) in [5, 5.41) is 6.61. The maximum absolute atomic E-state index is 13.1. The summed E-state index contributed by atoms with van der Waals surface area (Å²) in [6, 6.07) is -0.293. The van der Waals surface area contributed by atoms with Crippen LogP contribution >= 0.6 is 38.6 Å². The van der Waals surface area contributed by atoms with Crippen LogP contribution in [0.3, 0.4) is 0 Å². The molecular formula is C25H34BrN3O3S2. The van der Waals surface area contributed by atoms with Crippen LogP contribution in [0.2, 0.25) is 0 Å². The van der Waals surface area contributed by atoms with Gasteiger partial charge in [-0.05, 0) is 92.0 Å². The summed E-state index contributed by atoms with van der Waals surface area (Å²) in [6.45, 7) is 11.3. The molecule has 0 saturated carbocycles. The number of likely N-dealkylation sites (N-methyl/N-ethyl adjacent to an activating group) is 1. The first-order valence-corrected chi connectivity index (χ1v) is 14.5. The van der Waals surface area contributed by atoms with E-state index in [1.165, 1.54) is 32.2 Å². The highest BCUT2D eigenvalue weighted by Crippen LogP contribution is 2.39. The number of hydrogen-bond donors (Lipinski definition) is 2. The molecule has 2 N–H and O–H groups in total. The third kappa shape index (κ3) is 5.86. The Morgan fingerprint density at radius 3 is 2.56 bits per heavy atom. The minimum atomic E-state index is -0.589. The van der Waals surface area contributed by atoms with Crippen LogP contribution in [-0.2, 0) is 37.1 Å². The van der Waals surface area contributed by atoms with E-state index in [0.717, 1.165) is 67.5 Å². The fourth-order valence-corrected chi connectivity index (χ4v) is 7.99. The number of carbonyl (C=O) groups excluding carboxylic acids is 2. The predicted molar refractivity (Wildman–Crippen MR) is 143 cm³/mol. The Bertz CT molecular complexity index is 1070. The minimum absolute atomic E-state index is 0.293. The van der Waals surface area contributed by atoms with Gasteiger partial charge in [-0.2, -0.15) is 0 Å². The largest absolute Gasteiger partial charge is 0.456 e. The Hall–Kier alpha value is -1.42. The van der Waals surface area contributed by atoms with Crippen molar-refractivity contribution in [3.8, 4) is 0 Å². The molecule has 0 radical (unpaired) electrons. The van der Waals surface area contributed by atoms with Gasteiger partial charge < -0.3 is 10.1 Å². The van der Waals surface area contributed by atoms with E-state index in [1.54, 1.807) is 11.3 Å². The molecule has 2 amide bonds. The van der Waals surface area contributed by atoms with Gasteiger partial charge >= 0.3 is 12.0 Å². The molecule has 0 bridgehead atoms. The second-order valence-corrected chi connectivity index (χ2v) is 13.5. The zero-order valence-corrected chi connectivity index (χ0v) is 23.7. The lowest BCUT2D eigenvalue weighted by atomic mass is 10.0. The van der Waals surface area contributed by atoms with E-state index in [1.807, 2.05) is 20.8 Å². The molecule has 0 unspecified atom stereocenters. The van der Waals surface area contributed by atoms with Crippen molar-refractivity contribution in [1.82, 2.24) is 10.2 Å². The van der Waals surface area contributed by atoms with E-state index >= 15 is 0 Å². The van der Waals surface area contributed by atoms with Crippen LogP contribution in [0.4, 0.5) is 9.80 Å². The molecule has 0 spiro atoms. The van der Waals surface area contributed by atoms with Gasteiger partial charge in [0.05, 0.1) is 9.35 Å². The average Bonchev–Trinajstić information content (AvgIpc) is 3.16. The van der Waals surface area contributed by atoms with Gasteiger partial charge in [0.25, 0.3) is 0 Å². The second-order valence-electron chi connectivity index (χ2n) is 9.95. The fourth-order valence-electron chi connectivity index (χ4n) is 4.63. The molecule has 4 rings (SSSR count). The number of nitrogens with one attached hydrogen (secondary N) is 2.